The molecule has 3 aromatic heterocycles. The van der Waals surface area contributed by atoms with Crippen LogP contribution in [-0.4, -0.2) is 15.8 Å². The lowest BCUT2D eigenvalue weighted by atomic mass is 10.0. The molecule has 0 bridgehead atoms. The second-order valence-electron chi connectivity index (χ2n) is 5.49. The molecule has 116 valence electrons. The molecule has 3 heterocycles. The van der Waals surface area contributed by atoms with E-state index in [2.05, 4.69) is 9.97 Å². The minimum Gasteiger partial charge on any atom is -0.313 e. The first-order valence-corrected chi connectivity index (χ1v) is 8.11. The Hall–Kier alpha value is -2.53. The van der Waals surface area contributed by atoms with Crippen molar-refractivity contribution in [3.63, 3.8) is 0 Å². The van der Waals surface area contributed by atoms with Crippen LogP contribution in [0.3, 0.4) is 0 Å². The summed E-state index contributed by atoms with van der Waals surface area (Å²) in [5.41, 5.74) is 3.44. The molecule has 5 heteroatoms. The maximum atomic E-state index is 12.5. The zero-order chi connectivity index (χ0) is 16.6. The van der Waals surface area contributed by atoms with Crippen LogP contribution in [0.15, 0.2) is 34.6 Å². The lowest BCUT2D eigenvalue weighted by molar-refractivity contribution is 0.104. The highest BCUT2D eigenvalue weighted by Gasteiger charge is 2.15. The largest absolute Gasteiger partial charge is 0.313 e. The fourth-order valence-electron chi connectivity index (χ4n) is 2.48. The molecule has 0 saturated carbocycles. The van der Waals surface area contributed by atoms with E-state index in [9.17, 15) is 9.59 Å². The number of fused-ring (bicyclic) bond motifs is 1. The summed E-state index contributed by atoms with van der Waals surface area (Å²) in [7, 11) is 0. The molecule has 4 nitrogen and oxygen atoms in total. The van der Waals surface area contributed by atoms with Gasteiger partial charge in [-0.1, -0.05) is 0 Å². The molecule has 0 unspecified atom stereocenters. The molecular weight excluding hydrogens is 308 g/mol. The van der Waals surface area contributed by atoms with Gasteiger partial charge in [-0.25, -0.2) is 0 Å². The van der Waals surface area contributed by atoms with Crippen molar-refractivity contribution in [3.05, 3.63) is 68.1 Å². The van der Waals surface area contributed by atoms with Crippen LogP contribution in [-0.2, 0) is 0 Å². The van der Waals surface area contributed by atoms with E-state index in [-0.39, 0.29) is 16.9 Å². The van der Waals surface area contributed by atoms with Crippen molar-refractivity contribution < 1.29 is 4.79 Å². The number of ketones is 1. The summed E-state index contributed by atoms with van der Waals surface area (Å²) >= 11 is 1.46. The Kier molecular flexibility index (Phi) is 3.96. The zero-order valence-corrected chi connectivity index (χ0v) is 14.0. The minimum absolute atomic E-state index is 0.198. The second-order valence-corrected chi connectivity index (χ2v) is 6.40. The Morgan fingerprint density at radius 2 is 2.09 bits per heavy atom. The van der Waals surface area contributed by atoms with E-state index < -0.39 is 0 Å². The summed E-state index contributed by atoms with van der Waals surface area (Å²) in [6.45, 7) is 5.72. The Bertz CT molecular complexity index is 996. The average Bonchev–Trinajstić information content (AvgIpc) is 2.97. The van der Waals surface area contributed by atoms with Gasteiger partial charge in [-0.2, -0.15) is 0 Å². The average molecular weight is 324 g/mol. The highest BCUT2D eigenvalue weighted by molar-refractivity contribution is 7.16. The Morgan fingerprint density at radius 1 is 1.30 bits per heavy atom. The highest BCUT2D eigenvalue weighted by Crippen LogP contribution is 2.22. The van der Waals surface area contributed by atoms with Crippen molar-refractivity contribution in [1.29, 1.82) is 0 Å². The van der Waals surface area contributed by atoms with Crippen LogP contribution in [0.25, 0.3) is 16.3 Å². The third kappa shape index (κ3) is 2.87. The normalized spacial score (nSPS) is 11.4. The van der Waals surface area contributed by atoms with Crippen LogP contribution in [0.4, 0.5) is 0 Å². The number of pyridine rings is 2. The van der Waals surface area contributed by atoms with Crippen molar-refractivity contribution in [2.75, 3.05) is 0 Å². The van der Waals surface area contributed by atoms with Crippen molar-refractivity contribution >= 4 is 33.4 Å². The quantitative estimate of drug-likeness (QED) is 0.588. The molecule has 0 spiro atoms. The van der Waals surface area contributed by atoms with Crippen molar-refractivity contribution in [2.24, 2.45) is 0 Å². The molecule has 0 aliphatic heterocycles. The van der Waals surface area contributed by atoms with Crippen molar-refractivity contribution in [1.82, 2.24) is 9.97 Å². The number of aromatic amines is 1. The molecular formula is C18H16N2O2S. The number of aromatic nitrogens is 2. The number of aryl methyl sites for hydroxylation is 3. The summed E-state index contributed by atoms with van der Waals surface area (Å²) in [6, 6.07) is 3.88. The molecule has 0 aliphatic carbocycles. The fraction of sp³-hybridized carbons (Fsp3) is 0.167. The number of allylic oxidation sites excluding steroid dienone is 1. The third-order valence-corrected chi connectivity index (χ3v) is 4.76. The Labute approximate surface area is 137 Å². The zero-order valence-electron chi connectivity index (χ0n) is 13.1. The number of carbonyl (C=O) groups is 1. The van der Waals surface area contributed by atoms with Gasteiger partial charge in [0.25, 0.3) is 5.56 Å². The van der Waals surface area contributed by atoms with Crippen molar-refractivity contribution in [2.45, 2.75) is 20.8 Å². The summed E-state index contributed by atoms with van der Waals surface area (Å²) in [5.74, 6) is -0.296. The molecule has 0 fully saturated rings. The van der Waals surface area contributed by atoms with Gasteiger partial charge in [0.2, 0.25) is 0 Å². The SMILES string of the molecule is Cc1cc(C=CC(=O)c2c(C)c3ccsc3[nH]c2=O)cnc1C. The number of carbonyl (C=O) groups excluding carboxylic acids is 1. The molecule has 0 radical (unpaired) electrons. The summed E-state index contributed by atoms with van der Waals surface area (Å²) in [4.78, 5) is 32.5. The first-order valence-electron chi connectivity index (χ1n) is 7.23. The summed E-state index contributed by atoms with van der Waals surface area (Å²) in [5, 5.41) is 2.82. The number of nitrogens with zero attached hydrogens (tertiary/aromatic N) is 1. The number of rotatable bonds is 3. The monoisotopic (exact) mass is 324 g/mol. The van der Waals surface area contributed by atoms with Gasteiger partial charge in [0.05, 0.1) is 5.56 Å². The third-order valence-electron chi connectivity index (χ3n) is 3.93. The molecule has 0 aliphatic rings. The molecule has 0 aromatic carbocycles. The maximum Gasteiger partial charge on any atom is 0.260 e. The van der Waals surface area contributed by atoms with Gasteiger partial charge in [-0.15, -0.1) is 11.3 Å². The van der Waals surface area contributed by atoms with E-state index in [0.29, 0.717) is 0 Å². The van der Waals surface area contributed by atoms with Crippen LogP contribution >= 0.6 is 11.3 Å². The smallest absolute Gasteiger partial charge is 0.260 e. The number of thiophene rings is 1. The predicted molar refractivity (Wildman–Crippen MR) is 94.3 cm³/mol. The molecule has 0 saturated heterocycles. The standard InChI is InChI=1S/C18H16N2O2S/c1-10-8-13(9-19-12(10)3)4-5-15(21)16-11(2)14-6-7-23-18(14)20-17(16)22/h4-9H,1-3H3,(H,20,22). The maximum absolute atomic E-state index is 12.5. The first-order chi connectivity index (χ1) is 11.0. The lowest BCUT2D eigenvalue weighted by Crippen LogP contribution is -2.18. The molecule has 23 heavy (non-hydrogen) atoms. The van der Waals surface area contributed by atoms with Gasteiger partial charge in [-0.05, 0) is 67.1 Å². The van der Waals surface area contributed by atoms with E-state index in [1.54, 1.807) is 12.3 Å². The van der Waals surface area contributed by atoms with Gasteiger partial charge < -0.3 is 4.98 Å². The number of hydrogen-bond acceptors (Lipinski definition) is 4. The van der Waals surface area contributed by atoms with E-state index in [4.69, 9.17) is 0 Å². The molecule has 0 atom stereocenters. The number of hydrogen-bond donors (Lipinski definition) is 1. The van der Waals surface area contributed by atoms with Gasteiger partial charge in [0.15, 0.2) is 5.78 Å². The molecule has 0 amide bonds. The first kappa shape index (κ1) is 15.4. The highest BCUT2D eigenvalue weighted by atomic mass is 32.1. The van der Waals surface area contributed by atoms with Crippen LogP contribution in [0.2, 0.25) is 0 Å². The Balaban J connectivity index is 1.98. The fourth-order valence-corrected chi connectivity index (χ4v) is 3.32. The predicted octanol–water partition coefficient (Wildman–Crippen LogP) is 3.81. The van der Waals surface area contributed by atoms with Gasteiger partial charge in [0, 0.05) is 17.3 Å². The van der Waals surface area contributed by atoms with Crippen LogP contribution in [0, 0.1) is 20.8 Å². The van der Waals surface area contributed by atoms with Crippen molar-refractivity contribution in [3.8, 4) is 0 Å². The lowest BCUT2D eigenvalue weighted by Gasteiger charge is -2.03. The van der Waals surface area contributed by atoms with Gasteiger partial charge in [-0.3, -0.25) is 14.6 Å². The topological polar surface area (TPSA) is 62.8 Å². The van der Waals surface area contributed by atoms with E-state index in [1.165, 1.54) is 17.4 Å². The summed E-state index contributed by atoms with van der Waals surface area (Å²) in [6.07, 6.45) is 4.84. The van der Waals surface area contributed by atoms with Gasteiger partial charge >= 0.3 is 0 Å². The molecule has 1 N–H and O–H groups in total. The molecule has 3 rings (SSSR count). The van der Waals surface area contributed by atoms with E-state index in [1.807, 2.05) is 38.3 Å². The van der Waals surface area contributed by atoms with Crippen LogP contribution in [0.1, 0.15) is 32.7 Å². The number of H-pyrrole nitrogens is 1. The minimum atomic E-state index is -0.342. The molecule has 3 aromatic rings. The van der Waals surface area contributed by atoms with Crippen LogP contribution in [0.5, 0.6) is 0 Å². The Morgan fingerprint density at radius 3 is 2.83 bits per heavy atom. The summed E-state index contributed by atoms with van der Waals surface area (Å²) < 4.78 is 0. The van der Waals surface area contributed by atoms with E-state index >= 15 is 0 Å². The second kappa shape index (κ2) is 5.93. The van der Waals surface area contributed by atoms with Crippen LogP contribution < -0.4 is 5.56 Å². The number of nitrogens with one attached hydrogen (secondary N) is 1. The van der Waals surface area contributed by atoms with E-state index in [0.717, 1.165) is 32.6 Å². The van der Waals surface area contributed by atoms with Gasteiger partial charge in [0.1, 0.15) is 4.83 Å².